The van der Waals surface area contributed by atoms with E-state index in [-0.39, 0.29) is 0 Å². The molecular weight excluding hydrogens is 252 g/mol. The summed E-state index contributed by atoms with van der Waals surface area (Å²) in [4.78, 5) is 11.4. The molecule has 3 N–H and O–H groups in total. The van der Waals surface area contributed by atoms with Gasteiger partial charge in [-0.15, -0.1) is 0 Å². The molecule has 1 aliphatic carbocycles. The fourth-order valence-electron chi connectivity index (χ4n) is 2.59. The van der Waals surface area contributed by atoms with Gasteiger partial charge in [0.25, 0.3) is 0 Å². The Morgan fingerprint density at radius 2 is 1.90 bits per heavy atom. The molecule has 0 aliphatic heterocycles. The van der Waals surface area contributed by atoms with E-state index in [2.05, 4.69) is 11.4 Å². The number of nitrogen functional groups attached to an aromatic ring is 1. The third-order valence-corrected chi connectivity index (χ3v) is 3.43. The standard InChI is InChI=1S/C16H16N2O2/c1-2-20-16(19)18-13-4-6-15-11(9-13)7-10-8-12(17)3-5-14(10)15/h3-6,8-9H,2,7,17H2,1H3,(H,18,19). The number of hydrogen-bond acceptors (Lipinski definition) is 3. The van der Waals surface area contributed by atoms with E-state index >= 15 is 0 Å². The van der Waals surface area contributed by atoms with Gasteiger partial charge in [-0.05, 0) is 59.9 Å². The van der Waals surface area contributed by atoms with Crippen LogP contribution in [0.1, 0.15) is 18.1 Å². The van der Waals surface area contributed by atoms with E-state index in [4.69, 9.17) is 10.5 Å². The highest BCUT2D eigenvalue weighted by atomic mass is 16.5. The molecule has 0 saturated carbocycles. The summed E-state index contributed by atoms with van der Waals surface area (Å²) in [5.74, 6) is 0. The van der Waals surface area contributed by atoms with Crippen LogP contribution in [0.4, 0.5) is 16.2 Å². The molecule has 0 saturated heterocycles. The van der Waals surface area contributed by atoms with Crippen LogP contribution in [0, 0.1) is 0 Å². The summed E-state index contributed by atoms with van der Waals surface area (Å²) in [6, 6.07) is 11.9. The summed E-state index contributed by atoms with van der Waals surface area (Å²) in [6.07, 6.45) is 0.417. The summed E-state index contributed by atoms with van der Waals surface area (Å²) >= 11 is 0. The fraction of sp³-hybridized carbons (Fsp3) is 0.188. The number of amides is 1. The third kappa shape index (κ3) is 2.20. The first kappa shape index (κ1) is 12.5. The Hall–Kier alpha value is -2.49. The number of benzene rings is 2. The van der Waals surface area contributed by atoms with Crippen LogP contribution < -0.4 is 11.1 Å². The van der Waals surface area contributed by atoms with Crippen LogP contribution in [-0.4, -0.2) is 12.7 Å². The molecule has 4 nitrogen and oxygen atoms in total. The number of carbonyl (C=O) groups excluding carboxylic acids is 1. The number of ether oxygens (including phenoxy) is 1. The number of rotatable bonds is 2. The van der Waals surface area contributed by atoms with Crippen molar-refractivity contribution in [3.63, 3.8) is 0 Å². The van der Waals surface area contributed by atoms with Crippen molar-refractivity contribution in [3.05, 3.63) is 47.5 Å². The summed E-state index contributed by atoms with van der Waals surface area (Å²) in [5, 5.41) is 2.72. The largest absolute Gasteiger partial charge is 0.450 e. The summed E-state index contributed by atoms with van der Waals surface area (Å²) in [7, 11) is 0. The van der Waals surface area contributed by atoms with Crippen molar-refractivity contribution < 1.29 is 9.53 Å². The molecule has 1 aliphatic rings. The van der Waals surface area contributed by atoms with E-state index in [9.17, 15) is 4.79 Å². The Morgan fingerprint density at radius 1 is 1.20 bits per heavy atom. The maximum Gasteiger partial charge on any atom is 0.411 e. The maximum atomic E-state index is 11.4. The van der Waals surface area contributed by atoms with Gasteiger partial charge < -0.3 is 10.5 Å². The SMILES string of the molecule is CCOC(=O)Nc1ccc2c(c1)Cc1cc(N)ccc1-2. The van der Waals surface area contributed by atoms with E-state index in [0.717, 1.165) is 17.8 Å². The zero-order chi connectivity index (χ0) is 14.1. The minimum absolute atomic E-state index is 0.363. The van der Waals surface area contributed by atoms with E-state index in [1.54, 1.807) is 6.92 Å². The lowest BCUT2D eigenvalue weighted by molar-refractivity contribution is 0.168. The Bertz CT molecular complexity index is 680. The predicted molar refractivity (Wildman–Crippen MR) is 79.7 cm³/mol. The lowest BCUT2D eigenvalue weighted by Gasteiger charge is -2.07. The number of fused-ring (bicyclic) bond motifs is 3. The van der Waals surface area contributed by atoms with Gasteiger partial charge in [-0.2, -0.15) is 0 Å². The molecule has 0 spiro atoms. The zero-order valence-corrected chi connectivity index (χ0v) is 11.3. The van der Waals surface area contributed by atoms with Gasteiger partial charge in [-0.25, -0.2) is 4.79 Å². The Kier molecular flexibility index (Phi) is 3.06. The number of nitrogens with two attached hydrogens (primary N) is 1. The summed E-state index contributed by atoms with van der Waals surface area (Å²) < 4.78 is 4.88. The zero-order valence-electron chi connectivity index (χ0n) is 11.3. The number of carbonyl (C=O) groups is 1. The van der Waals surface area contributed by atoms with E-state index in [1.165, 1.54) is 22.3 Å². The highest BCUT2D eigenvalue weighted by Crippen LogP contribution is 2.38. The number of anilines is 2. The third-order valence-electron chi connectivity index (χ3n) is 3.43. The van der Waals surface area contributed by atoms with Crippen LogP contribution in [0.5, 0.6) is 0 Å². The Balaban J connectivity index is 1.88. The molecule has 0 bridgehead atoms. The highest BCUT2D eigenvalue weighted by molar-refractivity contribution is 5.87. The molecule has 2 aromatic carbocycles. The molecule has 4 heteroatoms. The molecular formula is C16H16N2O2. The average molecular weight is 268 g/mol. The molecule has 0 aromatic heterocycles. The van der Waals surface area contributed by atoms with Gasteiger partial charge in [0.2, 0.25) is 0 Å². The second-order valence-corrected chi connectivity index (χ2v) is 4.81. The molecule has 0 fully saturated rings. The normalized spacial score (nSPS) is 11.7. The van der Waals surface area contributed by atoms with Gasteiger partial charge in [-0.1, -0.05) is 12.1 Å². The van der Waals surface area contributed by atoms with Gasteiger partial charge in [0.15, 0.2) is 0 Å². The maximum absolute atomic E-state index is 11.4. The average Bonchev–Trinajstić information content (AvgIpc) is 2.75. The molecule has 20 heavy (non-hydrogen) atoms. The highest BCUT2D eigenvalue weighted by Gasteiger charge is 2.19. The first-order valence-electron chi connectivity index (χ1n) is 6.63. The Labute approximate surface area is 117 Å². The van der Waals surface area contributed by atoms with Gasteiger partial charge >= 0.3 is 6.09 Å². The van der Waals surface area contributed by atoms with Crippen LogP contribution in [0.15, 0.2) is 36.4 Å². The van der Waals surface area contributed by atoms with Crippen LogP contribution in [0.25, 0.3) is 11.1 Å². The number of nitrogens with one attached hydrogen (secondary N) is 1. The van der Waals surface area contributed by atoms with Gasteiger partial charge in [0, 0.05) is 11.4 Å². The molecule has 1 amide bonds. The quantitative estimate of drug-likeness (QED) is 0.700. The molecule has 0 heterocycles. The minimum Gasteiger partial charge on any atom is -0.450 e. The van der Waals surface area contributed by atoms with Crippen LogP contribution in [-0.2, 0) is 11.2 Å². The number of hydrogen-bond donors (Lipinski definition) is 2. The van der Waals surface area contributed by atoms with Crippen molar-refractivity contribution in [2.45, 2.75) is 13.3 Å². The van der Waals surface area contributed by atoms with Crippen LogP contribution in [0.3, 0.4) is 0 Å². The monoisotopic (exact) mass is 268 g/mol. The molecule has 0 atom stereocenters. The van der Waals surface area contributed by atoms with E-state index in [0.29, 0.717) is 6.61 Å². The summed E-state index contributed by atoms with van der Waals surface area (Å²) in [5.41, 5.74) is 12.2. The molecule has 3 rings (SSSR count). The van der Waals surface area contributed by atoms with Crippen molar-refractivity contribution in [2.24, 2.45) is 0 Å². The topological polar surface area (TPSA) is 64.3 Å². The van der Waals surface area contributed by atoms with Gasteiger partial charge in [0.1, 0.15) is 0 Å². The second-order valence-electron chi connectivity index (χ2n) is 4.81. The molecule has 2 aromatic rings. The smallest absolute Gasteiger partial charge is 0.411 e. The lowest BCUT2D eigenvalue weighted by atomic mass is 10.1. The van der Waals surface area contributed by atoms with Crippen molar-refractivity contribution in [1.82, 2.24) is 0 Å². The van der Waals surface area contributed by atoms with Crippen molar-refractivity contribution >= 4 is 17.5 Å². The minimum atomic E-state index is -0.424. The van der Waals surface area contributed by atoms with Gasteiger partial charge in [-0.3, -0.25) is 5.32 Å². The fourth-order valence-corrected chi connectivity index (χ4v) is 2.59. The molecule has 0 unspecified atom stereocenters. The van der Waals surface area contributed by atoms with Crippen molar-refractivity contribution in [2.75, 3.05) is 17.7 Å². The summed E-state index contributed by atoms with van der Waals surface area (Å²) in [6.45, 7) is 2.14. The van der Waals surface area contributed by atoms with E-state index in [1.807, 2.05) is 30.3 Å². The first-order chi connectivity index (χ1) is 9.67. The van der Waals surface area contributed by atoms with Gasteiger partial charge in [0.05, 0.1) is 6.61 Å². The van der Waals surface area contributed by atoms with Crippen LogP contribution >= 0.6 is 0 Å². The van der Waals surface area contributed by atoms with Crippen molar-refractivity contribution in [3.8, 4) is 11.1 Å². The first-order valence-corrected chi connectivity index (χ1v) is 6.63. The molecule has 102 valence electrons. The Morgan fingerprint density at radius 3 is 2.65 bits per heavy atom. The van der Waals surface area contributed by atoms with E-state index < -0.39 is 6.09 Å². The van der Waals surface area contributed by atoms with Crippen LogP contribution in [0.2, 0.25) is 0 Å². The predicted octanol–water partition coefficient (Wildman–Crippen LogP) is 3.41. The second kappa shape index (κ2) is 4.89. The van der Waals surface area contributed by atoms with Crippen molar-refractivity contribution in [1.29, 1.82) is 0 Å². The molecule has 0 radical (unpaired) electrons. The lowest BCUT2D eigenvalue weighted by Crippen LogP contribution is -2.13.